The van der Waals surface area contributed by atoms with E-state index in [1.165, 1.54) is 0 Å². The van der Waals surface area contributed by atoms with Crippen LogP contribution in [0.2, 0.25) is 0 Å². The Morgan fingerprint density at radius 2 is 2.29 bits per heavy atom. The first-order valence-corrected chi connectivity index (χ1v) is 2.39. The lowest BCUT2D eigenvalue weighted by Crippen LogP contribution is -2.14. The predicted octanol–water partition coefficient (Wildman–Crippen LogP) is 1.56. The van der Waals surface area contributed by atoms with Gasteiger partial charge in [0, 0.05) is 24.8 Å². The fourth-order valence-corrected chi connectivity index (χ4v) is 0.359. The van der Waals surface area contributed by atoms with Crippen LogP contribution in [0.4, 0.5) is 0 Å². The molecule has 1 aliphatic rings. The third kappa shape index (κ3) is 1.78. The Balaban J connectivity index is 3.43. The van der Waals surface area contributed by atoms with Crippen LogP contribution in [0.3, 0.4) is 0 Å². The summed E-state index contributed by atoms with van der Waals surface area (Å²) in [5, 5.41) is 0. The van der Waals surface area contributed by atoms with E-state index in [-0.39, 0.29) is 0 Å². The van der Waals surface area contributed by atoms with E-state index >= 15 is 0 Å². The molecule has 1 nitrogen and oxygen atoms in total. The fraction of sp³-hybridized carbons (Fsp3) is 1.00. The van der Waals surface area contributed by atoms with Crippen LogP contribution in [0.25, 0.3) is 0 Å². The zero-order valence-electron chi connectivity index (χ0n) is 12.3. The van der Waals surface area contributed by atoms with E-state index in [0.29, 0.717) is 0 Å². The number of hydrogen-bond donors (Lipinski definition) is 0. The Morgan fingerprint density at radius 1 is 1.71 bits per heavy atom. The predicted molar refractivity (Wildman–Crippen MR) is 32.8 cm³/mol. The molecular weight excluding hydrogens is 156 g/mol. The van der Waals surface area contributed by atoms with Gasteiger partial charge < -0.3 is 4.74 Å². The van der Waals surface area contributed by atoms with Gasteiger partial charge in [-0.2, -0.15) is 0 Å². The molecule has 1 aliphatic heterocycles. The highest BCUT2D eigenvalue weighted by atomic mass is 79.9. The highest BCUT2D eigenvalue weighted by Crippen LogP contribution is 2.13. The van der Waals surface area contributed by atoms with E-state index in [4.69, 9.17) is 12.3 Å². The summed E-state index contributed by atoms with van der Waals surface area (Å²) in [4.78, 5) is -2.81. The van der Waals surface area contributed by atoms with E-state index < -0.39 is 30.7 Å². The third-order valence-electron chi connectivity index (χ3n) is 0.424. The molecule has 7 heavy (non-hydrogen) atoms. The number of hydrogen-bond acceptors (Lipinski definition) is 1. The Labute approximate surface area is 64.8 Å². The molecule has 0 radical (unpaired) electrons. The Morgan fingerprint density at radius 3 is 2.86 bits per heavy atom. The van der Waals surface area contributed by atoms with Crippen molar-refractivity contribution in [3.8, 4) is 0 Å². The van der Waals surface area contributed by atoms with Crippen LogP contribution in [0, 0.1) is 0 Å². The number of alkyl halides is 1. The molecule has 0 aromatic carbocycles. The van der Waals surface area contributed by atoms with Gasteiger partial charge in [-0.05, 0) is 12.7 Å². The maximum absolute atomic E-state index is 7.55. The van der Waals surface area contributed by atoms with Gasteiger partial charge in [0.25, 0.3) is 0 Å². The maximum atomic E-state index is 7.55. The Kier molecular flexibility index (Phi) is 0.436. The van der Waals surface area contributed by atoms with E-state index in [2.05, 4.69) is 20.7 Å². The summed E-state index contributed by atoms with van der Waals surface area (Å²) in [5.41, 5.74) is 0. The van der Waals surface area contributed by atoms with Crippen molar-refractivity contribution in [1.29, 1.82) is 0 Å². The van der Waals surface area contributed by atoms with E-state index in [0.717, 1.165) is 0 Å². The second-order valence-electron chi connectivity index (χ2n) is 0.870. The van der Waals surface area contributed by atoms with E-state index in [1.54, 1.807) is 0 Å². The van der Waals surface area contributed by atoms with Crippen molar-refractivity contribution < 1.29 is 17.1 Å². The molecule has 0 aliphatic carbocycles. The fourth-order valence-electron chi connectivity index (χ4n) is 0.197. The van der Waals surface area contributed by atoms with Crippen molar-refractivity contribution in [3.63, 3.8) is 0 Å². The molecule has 0 N–H and O–H groups in total. The average molecular weight is 174 g/mol. The second kappa shape index (κ2) is 2.68. The summed E-state index contributed by atoms with van der Waals surface area (Å²) in [6.45, 7) is -6.24. The summed E-state index contributed by atoms with van der Waals surface area (Å²) in [6, 6.07) is 0. The highest BCUT2D eigenvalue weighted by Gasteiger charge is 2.07. The zero-order chi connectivity index (χ0) is 13.2. The molecule has 0 saturated carbocycles. The lowest BCUT2D eigenvalue weighted by Gasteiger charge is -2.15. The lowest BCUT2D eigenvalue weighted by atomic mass is 10.2. The van der Waals surface area contributed by atoms with Gasteiger partial charge in [-0.25, -0.2) is 0 Å². The van der Waals surface area contributed by atoms with E-state index in [1.807, 2.05) is 0 Å². The maximum Gasteiger partial charge on any atom is 0.0567 e. The summed E-state index contributed by atoms with van der Waals surface area (Å²) in [5.74, 6) is 0. The normalized spacial score (nSPS) is 77.6. The molecule has 0 aromatic heterocycles. The molecule has 0 aromatic rings. The van der Waals surface area contributed by atoms with Crippen molar-refractivity contribution in [2.75, 3.05) is 13.1 Å². The topological polar surface area (TPSA) is 9.23 Å². The van der Waals surface area contributed by atoms with Gasteiger partial charge in [0.1, 0.15) is 0 Å². The van der Waals surface area contributed by atoms with E-state index in [9.17, 15) is 0 Å². The largest absolute Gasteiger partial charge is 0.381 e. The molecule has 0 unspecified atom stereocenters. The molecular formula is C5H9BrO. The summed E-state index contributed by atoms with van der Waals surface area (Å²) >= 11 is 2.44. The first-order chi connectivity index (χ1) is 6.71. The first kappa shape index (κ1) is 1.14. The molecule has 2 heteroatoms. The molecule has 0 spiro atoms. The average Bonchev–Trinajstić information content (AvgIpc) is 1.98. The van der Waals surface area contributed by atoms with Crippen LogP contribution in [0.1, 0.15) is 25.1 Å². The van der Waals surface area contributed by atoms with Gasteiger partial charge in [0.15, 0.2) is 0 Å². The molecule has 0 atom stereocenters. The smallest absolute Gasteiger partial charge is 0.0567 e. The summed E-state index contributed by atoms with van der Waals surface area (Å²) in [7, 11) is 0. The van der Waals surface area contributed by atoms with Crippen LogP contribution in [0.15, 0.2) is 0 Å². The van der Waals surface area contributed by atoms with Gasteiger partial charge >= 0.3 is 0 Å². The van der Waals surface area contributed by atoms with Crippen molar-refractivity contribution in [3.05, 3.63) is 0 Å². The van der Waals surface area contributed by atoms with Crippen molar-refractivity contribution in [2.45, 2.75) is 17.5 Å². The summed E-state index contributed by atoms with van der Waals surface area (Å²) in [6.07, 6.45) is -6.12. The second-order valence-corrected chi connectivity index (χ2v) is 1.66. The van der Waals surface area contributed by atoms with Gasteiger partial charge in [-0.1, -0.05) is 15.9 Å². The van der Waals surface area contributed by atoms with Crippen molar-refractivity contribution in [2.24, 2.45) is 0 Å². The minimum absolute atomic E-state index is 2.44. The molecule has 0 amide bonds. The molecule has 1 saturated heterocycles. The number of ether oxygens (including phenoxy) is 1. The van der Waals surface area contributed by atoms with Crippen LogP contribution in [-0.4, -0.2) is 17.9 Å². The quantitative estimate of drug-likeness (QED) is 0.506. The Bertz CT molecular complexity index is 283. The van der Waals surface area contributed by atoms with Gasteiger partial charge in [-0.3, -0.25) is 0 Å². The standard InChI is InChI=1S/C5H9BrO/c6-5-1-3-7-4-2-5/h5H,1-4H2/i1D2,2D2,3D2,4D2,5D. The lowest BCUT2D eigenvalue weighted by molar-refractivity contribution is 0.101. The van der Waals surface area contributed by atoms with Crippen LogP contribution < -0.4 is 0 Å². The molecule has 1 fully saturated rings. The minimum Gasteiger partial charge on any atom is -0.381 e. The monoisotopic (exact) mass is 173 g/mol. The van der Waals surface area contributed by atoms with Crippen LogP contribution in [-0.2, 0) is 4.74 Å². The van der Waals surface area contributed by atoms with Gasteiger partial charge in [0.05, 0.1) is 5.48 Å². The SMILES string of the molecule is [2H]C1([2H])OC([2H])([2H])C([2H])([2H])C([2H])(Br)C1([2H])[2H]. The molecule has 1 rings (SSSR count). The van der Waals surface area contributed by atoms with Crippen LogP contribution in [0.5, 0.6) is 0 Å². The van der Waals surface area contributed by atoms with Gasteiger partial charge in [0.2, 0.25) is 0 Å². The molecule has 1 heterocycles. The first-order valence-electron chi connectivity index (χ1n) is 6.10. The molecule has 42 valence electrons. The number of rotatable bonds is 0. The van der Waals surface area contributed by atoms with Crippen LogP contribution >= 0.6 is 15.9 Å². The zero-order valence-corrected chi connectivity index (χ0v) is 4.87. The summed E-state index contributed by atoms with van der Waals surface area (Å²) < 4.78 is 70.2. The van der Waals surface area contributed by atoms with Gasteiger partial charge in [-0.15, -0.1) is 0 Å². The van der Waals surface area contributed by atoms with Crippen molar-refractivity contribution >= 4 is 15.9 Å². The number of halogens is 1. The minimum atomic E-state index is -3.12. The van der Waals surface area contributed by atoms with Crippen molar-refractivity contribution in [1.82, 2.24) is 0 Å². The highest BCUT2D eigenvalue weighted by molar-refractivity contribution is 9.09. The molecule has 0 bridgehead atoms. The third-order valence-corrected chi connectivity index (χ3v) is 0.820. The Hall–Kier alpha value is 0.440.